The highest BCUT2D eigenvalue weighted by Gasteiger charge is 2.46. The normalized spacial score (nSPS) is 17.6. The third kappa shape index (κ3) is 11.5. The number of carboxylic acids is 2. The van der Waals surface area contributed by atoms with Gasteiger partial charge in [-0.15, -0.1) is 0 Å². The molecular weight excluding hydrogens is 445 g/mol. The molecule has 0 atom stereocenters. The molecule has 13 heteroatoms. The van der Waals surface area contributed by atoms with Crippen LogP contribution in [0.2, 0.25) is 0 Å². The molecule has 0 aromatic carbocycles. The maximum Gasteiger partial charge on any atom is 0.490 e. The Kier molecular flexibility index (Phi) is 11.9. The van der Waals surface area contributed by atoms with Crippen molar-refractivity contribution in [2.24, 2.45) is 5.41 Å². The van der Waals surface area contributed by atoms with Crippen LogP contribution >= 0.6 is 21.6 Å². The number of carbonyl (C=O) groups is 3. The van der Waals surface area contributed by atoms with Crippen molar-refractivity contribution >= 4 is 39.4 Å². The molecule has 170 valence electrons. The van der Waals surface area contributed by atoms with Crippen LogP contribution in [0.25, 0.3) is 0 Å². The molecule has 0 heterocycles. The standard InChI is InChI=1S/C14H23F2NO3S2.C2HF3O2/c1-2-13(4-6-14(15,16)7-5-13)12(20)17-8-10-22-21-9-3-11(18)19;3-2(4,5)1(6)7/h2-10H2,1H3,(H,17,20)(H,18,19);(H,6,7). The van der Waals surface area contributed by atoms with Gasteiger partial charge in [-0.3, -0.25) is 9.59 Å². The average Bonchev–Trinajstić information content (AvgIpc) is 2.60. The average molecular weight is 469 g/mol. The molecular formula is C16H24F5NO5S2. The summed E-state index contributed by atoms with van der Waals surface area (Å²) in [7, 11) is 2.97. The molecule has 0 saturated heterocycles. The number of amides is 1. The van der Waals surface area contributed by atoms with Gasteiger partial charge in [0.05, 0.1) is 6.42 Å². The smallest absolute Gasteiger partial charge is 0.481 e. The zero-order chi connectivity index (χ0) is 22.7. The minimum absolute atomic E-state index is 0.122. The van der Waals surface area contributed by atoms with Crippen molar-refractivity contribution in [1.29, 1.82) is 0 Å². The summed E-state index contributed by atoms with van der Waals surface area (Å²) in [6, 6.07) is 0. The van der Waals surface area contributed by atoms with Crippen LogP contribution in [-0.2, 0) is 14.4 Å². The number of halogens is 5. The van der Waals surface area contributed by atoms with Crippen LogP contribution in [0.1, 0.15) is 45.4 Å². The Morgan fingerprint density at radius 2 is 1.48 bits per heavy atom. The van der Waals surface area contributed by atoms with Gasteiger partial charge in [0.25, 0.3) is 0 Å². The summed E-state index contributed by atoms with van der Waals surface area (Å²) in [6.45, 7) is 2.35. The summed E-state index contributed by atoms with van der Waals surface area (Å²) in [5.41, 5.74) is -0.650. The highest BCUT2D eigenvalue weighted by Crippen LogP contribution is 2.45. The fourth-order valence-corrected chi connectivity index (χ4v) is 4.36. The molecule has 0 aromatic rings. The lowest BCUT2D eigenvalue weighted by atomic mass is 9.70. The van der Waals surface area contributed by atoms with E-state index >= 15 is 0 Å². The van der Waals surface area contributed by atoms with E-state index in [1.165, 1.54) is 21.6 Å². The van der Waals surface area contributed by atoms with Gasteiger partial charge in [-0.1, -0.05) is 28.5 Å². The molecule has 1 fully saturated rings. The first-order valence-electron chi connectivity index (χ1n) is 8.68. The minimum atomic E-state index is -5.08. The van der Waals surface area contributed by atoms with Gasteiger partial charge in [0.15, 0.2) is 0 Å². The third-order valence-corrected chi connectivity index (χ3v) is 6.70. The predicted octanol–water partition coefficient (Wildman–Crippen LogP) is 4.20. The van der Waals surface area contributed by atoms with Gasteiger partial charge in [0.1, 0.15) is 0 Å². The summed E-state index contributed by atoms with van der Waals surface area (Å²) in [4.78, 5) is 31.5. The van der Waals surface area contributed by atoms with Crippen LogP contribution in [0.4, 0.5) is 22.0 Å². The summed E-state index contributed by atoms with van der Waals surface area (Å²) >= 11 is 0. The largest absolute Gasteiger partial charge is 0.490 e. The molecule has 3 N–H and O–H groups in total. The lowest BCUT2D eigenvalue weighted by Gasteiger charge is -2.38. The van der Waals surface area contributed by atoms with E-state index in [1.54, 1.807) is 0 Å². The lowest BCUT2D eigenvalue weighted by Crippen LogP contribution is -2.45. The zero-order valence-corrected chi connectivity index (χ0v) is 17.3. The Hall–Kier alpha value is -1.24. The van der Waals surface area contributed by atoms with E-state index in [-0.39, 0.29) is 38.0 Å². The monoisotopic (exact) mass is 469 g/mol. The maximum atomic E-state index is 13.2. The van der Waals surface area contributed by atoms with Crippen LogP contribution < -0.4 is 5.32 Å². The molecule has 0 spiro atoms. The summed E-state index contributed by atoms with van der Waals surface area (Å²) in [5, 5.41) is 18.5. The highest BCUT2D eigenvalue weighted by atomic mass is 33.1. The number of carbonyl (C=O) groups excluding carboxylic acids is 1. The van der Waals surface area contributed by atoms with E-state index in [0.717, 1.165) is 0 Å². The quantitative estimate of drug-likeness (QED) is 0.264. The number of alkyl halides is 5. The number of hydrogen-bond donors (Lipinski definition) is 3. The van der Waals surface area contributed by atoms with Crippen molar-refractivity contribution in [3.8, 4) is 0 Å². The van der Waals surface area contributed by atoms with Gasteiger partial charge in [0.2, 0.25) is 11.8 Å². The van der Waals surface area contributed by atoms with Crippen molar-refractivity contribution in [3.63, 3.8) is 0 Å². The molecule has 6 nitrogen and oxygen atoms in total. The first-order valence-corrected chi connectivity index (χ1v) is 11.2. The van der Waals surface area contributed by atoms with Crippen LogP contribution in [0.15, 0.2) is 0 Å². The number of carboxylic acid groups (broad SMARTS) is 2. The SMILES string of the molecule is CCC1(C(=O)NCCSSCCC(=O)O)CCC(F)(F)CC1.O=C(O)C(F)(F)F. The molecule has 1 aliphatic rings. The third-order valence-electron chi connectivity index (χ3n) is 4.29. The van der Waals surface area contributed by atoms with E-state index in [2.05, 4.69) is 5.32 Å². The van der Waals surface area contributed by atoms with Gasteiger partial charge in [-0.05, 0) is 19.3 Å². The first-order chi connectivity index (χ1) is 13.3. The van der Waals surface area contributed by atoms with E-state index in [1.807, 2.05) is 6.92 Å². The fraction of sp³-hybridized carbons (Fsp3) is 0.812. The molecule has 0 aromatic heterocycles. The molecule has 1 rings (SSSR count). The van der Waals surface area contributed by atoms with Crippen molar-refractivity contribution < 1.29 is 46.5 Å². The molecule has 1 saturated carbocycles. The Bertz CT molecular complexity index is 550. The van der Waals surface area contributed by atoms with E-state index < -0.39 is 29.5 Å². The molecule has 0 aliphatic heterocycles. The zero-order valence-electron chi connectivity index (χ0n) is 15.7. The van der Waals surface area contributed by atoms with Gasteiger partial charge in [-0.2, -0.15) is 13.2 Å². The van der Waals surface area contributed by atoms with Crippen molar-refractivity contribution in [1.82, 2.24) is 5.32 Å². The van der Waals surface area contributed by atoms with Crippen LogP contribution in [0.3, 0.4) is 0 Å². The van der Waals surface area contributed by atoms with Crippen LogP contribution in [0.5, 0.6) is 0 Å². The second-order valence-corrected chi connectivity index (χ2v) is 9.04. The van der Waals surface area contributed by atoms with Crippen molar-refractivity contribution in [3.05, 3.63) is 0 Å². The molecule has 0 unspecified atom stereocenters. The fourth-order valence-electron chi connectivity index (χ4n) is 2.48. The Balaban J connectivity index is 0.000000956. The second kappa shape index (κ2) is 12.5. The maximum absolute atomic E-state index is 13.2. The lowest BCUT2D eigenvalue weighted by molar-refractivity contribution is -0.192. The Morgan fingerprint density at radius 1 is 1.00 bits per heavy atom. The van der Waals surface area contributed by atoms with E-state index in [0.29, 0.717) is 24.5 Å². The summed E-state index contributed by atoms with van der Waals surface area (Å²) in [6.07, 6.45) is -4.33. The predicted molar refractivity (Wildman–Crippen MR) is 100 cm³/mol. The van der Waals surface area contributed by atoms with Crippen LogP contribution in [0, 0.1) is 5.41 Å². The summed E-state index contributed by atoms with van der Waals surface area (Å²) < 4.78 is 58.2. The molecule has 0 bridgehead atoms. The van der Waals surface area contributed by atoms with E-state index in [9.17, 15) is 31.5 Å². The van der Waals surface area contributed by atoms with Crippen molar-refractivity contribution in [2.45, 2.75) is 57.5 Å². The molecule has 29 heavy (non-hydrogen) atoms. The van der Waals surface area contributed by atoms with Gasteiger partial charge >= 0.3 is 18.1 Å². The summed E-state index contributed by atoms with van der Waals surface area (Å²) in [5.74, 6) is -5.13. The number of hydrogen-bond acceptors (Lipinski definition) is 5. The Morgan fingerprint density at radius 3 is 1.90 bits per heavy atom. The molecule has 1 amide bonds. The van der Waals surface area contributed by atoms with Gasteiger partial charge in [0, 0.05) is 36.3 Å². The first kappa shape index (κ1) is 27.8. The number of nitrogens with one attached hydrogen (secondary N) is 1. The highest BCUT2D eigenvalue weighted by molar-refractivity contribution is 8.76. The van der Waals surface area contributed by atoms with E-state index in [4.69, 9.17) is 15.0 Å². The van der Waals surface area contributed by atoms with Crippen LogP contribution in [-0.4, -0.2) is 58.2 Å². The Labute approximate surface area is 172 Å². The molecule has 1 aliphatic carbocycles. The van der Waals surface area contributed by atoms with Gasteiger partial charge < -0.3 is 15.5 Å². The minimum Gasteiger partial charge on any atom is -0.481 e. The second-order valence-electron chi connectivity index (χ2n) is 6.34. The van der Waals surface area contributed by atoms with Gasteiger partial charge in [-0.25, -0.2) is 13.6 Å². The number of aliphatic carboxylic acids is 2. The van der Waals surface area contributed by atoms with Crippen molar-refractivity contribution in [2.75, 3.05) is 18.1 Å². The number of rotatable bonds is 9. The topological polar surface area (TPSA) is 104 Å². The molecule has 0 radical (unpaired) electrons.